The Bertz CT molecular complexity index is 766. The maximum Gasteiger partial charge on any atom is 0.275 e. The van der Waals surface area contributed by atoms with Crippen LogP contribution in [-0.4, -0.2) is 38.5 Å². The van der Waals surface area contributed by atoms with Crippen molar-refractivity contribution in [1.82, 2.24) is 15.1 Å². The first-order chi connectivity index (χ1) is 11.0. The summed E-state index contributed by atoms with van der Waals surface area (Å²) in [6, 6.07) is 7.57. The molecule has 1 atom stereocenters. The van der Waals surface area contributed by atoms with Crippen LogP contribution in [0.2, 0.25) is 0 Å². The summed E-state index contributed by atoms with van der Waals surface area (Å²) >= 11 is 0. The van der Waals surface area contributed by atoms with Crippen molar-refractivity contribution in [2.75, 3.05) is 6.61 Å². The molecule has 0 bridgehead atoms. The van der Waals surface area contributed by atoms with E-state index in [-0.39, 0.29) is 12.3 Å². The number of carbonyl (C=O) groups is 1. The lowest BCUT2D eigenvalue weighted by atomic mass is 10.2. The lowest BCUT2D eigenvalue weighted by molar-refractivity contribution is 0.0905. The highest BCUT2D eigenvalue weighted by molar-refractivity contribution is 5.94. The number of rotatable bonds is 5. The van der Waals surface area contributed by atoms with Crippen LogP contribution in [0.25, 0.3) is 5.69 Å². The van der Waals surface area contributed by atoms with Crippen LogP contribution in [0.4, 0.5) is 0 Å². The molecule has 1 aromatic carbocycles. The van der Waals surface area contributed by atoms with Gasteiger partial charge in [0.25, 0.3) is 11.5 Å². The predicted molar refractivity (Wildman–Crippen MR) is 84.9 cm³/mol. The fraction of sp³-hybridized carbons (Fsp3) is 0.312. The van der Waals surface area contributed by atoms with Crippen LogP contribution in [0, 0.1) is 6.92 Å². The van der Waals surface area contributed by atoms with E-state index in [2.05, 4.69) is 10.4 Å². The topological polar surface area (TPSA) is 104 Å². The first-order valence-corrected chi connectivity index (χ1v) is 7.28. The van der Waals surface area contributed by atoms with Crippen molar-refractivity contribution < 1.29 is 15.0 Å². The minimum absolute atomic E-state index is 0.222. The van der Waals surface area contributed by atoms with Crippen molar-refractivity contribution in [1.29, 1.82) is 0 Å². The normalized spacial score (nSPS) is 12.0. The third-order valence-electron chi connectivity index (χ3n) is 3.42. The van der Waals surface area contributed by atoms with Gasteiger partial charge in [-0.25, -0.2) is 0 Å². The molecule has 0 aliphatic rings. The van der Waals surface area contributed by atoms with Gasteiger partial charge in [-0.15, -0.1) is 0 Å². The third kappa shape index (κ3) is 3.75. The Morgan fingerprint density at radius 1 is 1.39 bits per heavy atom. The lowest BCUT2D eigenvalue weighted by Gasteiger charge is -2.14. The Labute approximate surface area is 133 Å². The molecule has 0 radical (unpaired) electrons. The molecule has 1 heterocycles. The largest absolute Gasteiger partial charge is 0.505 e. The number of nitrogens with one attached hydrogen (secondary N) is 1. The number of aromatic nitrogens is 2. The number of amides is 1. The summed E-state index contributed by atoms with van der Waals surface area (Å²) in [7, 11) is 0. The van der Waals surface area contributed by atoms with Crippen LogP contribution in [0.1, 0.15) is 29.4 Å². The zero-order valence-electron chi connectivity index (χ0n) is 13.0. The van der Waals surface area contributed by atoms with Crippen LogP contribution in [-0.2, 0) is 0 Å². The van der Waals surface area contributed by atoms with E-state index in [0.29, 0.717) is 12.1 Å². The van der Waals surface area contributed by atoms with Crippen LogP contribution in [0.3, 0.4) is 0 Å². The van der Waals surface area contributed by atoms with E-state index < -0.39 is 23.3 Å². The van der Waals surface area contributed by atoms with Gasteiger partial charge in [0, 0.05) is 6.07 Å². The molecule has 0 saturated carbocycles. The number of aliphatic hydroxyl groups excluding tert-OH is 1. The summed E-state index contributed by atoms with van der Waals surface area (Å²) in [6.45, 7) is 3.46. The molecule has 0 spiro atoms. The number of carbonyl (C=O) groups excluding carboxylic acids is 1. The van der Waals surface area contributed by atoms with E-state index in [0.717, 1.165) is 16.3 Å². The second-order valence-corrected chi connectivity index (χ2v) is 5.23. The number of aliphatic hydroxyl groups is 1. The molecule has 0 fully saturated rings. The van der Waals surface area contributed by atoms with Gasteiger partial charge in [-0.05, 0) is 31.0 Å². The van der Waals surface area contributed by atoms with Crippen LogP contribution in [0.15, 0.2) is 35.1 Å². The summed E-state index contributed by atoms with van der Waals surface area (Å²) in [5.41, 5.74) is 0.622. The van der Waals surface area contributed by atoms with Crippen molar-refractivity contribution in [3.05, 3.63) is 51.9 Å². The van der Waals surface area contributed by atoms with Gasteiger partial charge < -0.3 is 15.5 Å². The van der Waals surface area contributed by atoms with E-state index in [1.807, 2.05) is 19.9 Å². The van der Waals surface area contributed by atoms with Gasteiger partial charge >= 0.3 is 0 Å². The van der Waals surface area contributed by atoms with Crippen LogP contribution < -0.4 is 10.9 Å². The molecule has 2 rings (SSSR count). The van der Waals surface area contributed by atoms with Gasteiger partial charge in [0.2, 0.25) is 0 Å². The smallest absolute Gasteiger partial charge is 0.275 e. The van der Waals surface area contributed by atoms with Crippen LogP contribution in [0.5, 0.6) is 5.75 Å². The highest BCUT2D eigenvalue weighted by Crippen LogP contribution is 2.13. The Balaban J connectivity index is 2.44. The highest BCUT2D eigenvalue weighted by Gasteiger charge is 2.19. The van der Waals surface area contributed by atoms with Crippen molar-refractivity contribution in [2.24, 2.45) is 0 Å². The molecule has 2 aromatic rings. The third-order valence-corrected chi connectivity index (χ3v) is 3.42. The molecule has 23 heavy (non-hydrogen) atoms. The molecular weight excluding hydrogens is 298 g/mol. The average Bonchev–Trinajstić information content (AvgIpc) is 2.52. The fourth-order valence-corrected chi connectivity index (χ4v) is 2.08. The number of hydrogen-bond acceptors (Lipinski definition) is 5. The van der Waals surface area contributed by atoms with E-state index in [9.17, 15) is 14.7 Å². The summed E-state index contributed by atoms with van der Waals surface area (Å²) in [5.74, 6) is -1.14. The lowest BCUT2D eigenvalue weighted by Crippen LogP contribution is -2.38. The second kappa shape index (κ2) is 7.06. The summed E-state index contributed by atoms with van der Waals surface area (Å²) < 4.78 is 1.06. The van der Waals surface area contributed by atoms with Crippen molar-refractivity contribution in [3.63, 3.8) is 0 Å². The second-order valence-electron chi connectivity index (χ2n) is 5.23. The molecule has 0 saturated heterocycles. The number of aryl methyl sites for hydroxylation is 1. The molecule has 1 unspecified atom stereocenters. The monoisotopic (exact) mass is 317 g/mol. The average molecular weight is 317 g/mol. The first kappa shape index (κ1) is 16.7. The first-order valence-electron chi connectivity index (χ1n) is 7.28. The van der Waals surface area contributed by atoms with E-state index in [1.165, 1.54) is 0 Å². The molecule has 3 N–H and O–H groups in total. The summed E-state index contributed by atoms with van der Waals surface area (Å²) in [4.78, 5) is 24.2. The minimum atomic E-state index is -0.648. The molecule has 122 valence electrons. The predicted octanol–water partition coefficient (Wildman–Crippen LogP) is 0.747. The quantitative estimate of drug-likeness (QED) is 0.755. The maximum atomic E-state index is 12.2. The number of aromatic hydroxyl groups is 1. The van der Waals surface area contributed by atoms with Gasteiger partial charge in [0.05, 0.1) is 18.3 Å². The van der Waals surface area contributed by atoms with Gasteiger partial charge in [0.15, 0.2) is 11.4 Å². The minimum Gasteiger partial charge on any atom is -0.505 e. The van der Waals surface area contributed by atoms with Crippen LogP contribution >= 0.6 is 0 Å². The van der Waals surface area contributed by atoms with E-state index in [1.54, 1.807) is 18.2 Å². The van der Waals surface area contributed by atoms with Gasteiger partial charge in [-0.1, -0.05) is 19.1 Å². The van der Waals surface area contributed by atoms with Gasteiger partial charge in [-0.2, -0.15) is 9.78 Å². The Kier molecular flexibility index (Phi) is 5.13. The Morgan fingerprint density at radius 2 is 2.13 bits per heavy atom. The Hall–Kier alpha value is -2.67. The number of nitrogens with zero attached hydrogens (tertiary/aromatic N) is 2. The molecule has 1 aromatic heterocycles. The van der Waals surface area contributed by atoms with Crippen molar-refractivity contribution >= 4 is 5.91 Å². The van der Waals surface area contributed by atoms with Gasteiger partial charge in [-0.3, -0.25) is 9.59 Å². The molecular formula is C16H19N3O4. The van der Waals surface area contributed by atoms with Crippen molar-refractivity contribution in [2.45, 2.75) is 26.3 Å². The standard InChI is InChI=1S/C16H19N3O4/c1-3-11(9-20)17-16(23)15-13(21)8-14(22)19(18-15)12-6-4-5-10(2)7-12/h4-8,11,20-21H,3,9H2,1-2H3,(H,17,23). The van der Waals surface area contributed by atoms with Gasteiger partial charge in [0.1, 0.15) is 0 Å². The van der Waals surface area contributed by atoms with E-state index in [4.69, 9.17) is 5.11 Å². The number of hydrogen-bond donors (Lipinski definition) is 3. The SMILES string of the molecule is CCC(CO)NC(=O)c1nn(-c2cccc(C)c2)c(=O)cc1O. The zero-order valence-corrected chi connectivity index (χ0v) is 13.0. The van der Waals surface area contributed by atoms with Crippen molar-refractivity contribution in [3.8, 4) is 11.4 Å². The molecule has 7 nitrogen and oxygen atoms in total. The maximum absolute atomic E-state index is 12.2. The Morgan fingerprint density at radius 3 is 2.74 bits per heavy atom. The molecule has 1 amide bonds. The summed E-state index contributed by atoms with van der Waals surface area (Å²) in [5, 5.41) is 25.5. The highest BCUT2D eigenvalue weighted by atomic mass is 16.3. The fourth-order valence-electron chi connectivity index (χ4n) is 2.08. The zero-order chi connectivity index (χ0) is 17.0. The molecule has 0 aliphatic carbocycles. The number of benzene rings is 1. The molecule has 0 aliphatic heterocycles. The summed E-state index contributed by atoms with van der Waals surface area (Å²) in [6.07, 6.45) is 0.528. The molecule has 7 heteroatoms. The van der Waals surface area contributed by atoms with E-state index >= 15 is 0 Å².